The maximum absolute atomic E-state index is 12.1. The van der Waals surface area contributed by atoms with E-state index in [2.05, 4.69) is 20.7 Å². The third kappa shape index (κ3) is 3.39. The number of hydrogen-bond donors (Lipinski definition) is 2. The van der Waals surface area contributed by atoms with Gasteiger partial charge in [-0.05, 0) is 32.0 Å². The minimum Gasteiger partial charge on any atom is -0.348 e. The van der Waals surface area contributed by atoms with Crippen molar-refractivity contribution in [1.82, 2.24) is 25.4 Å². The maximum Gasteiger partial charge on any atom is 0.271 e. The largest absolute Gasteiger partial charge is 0.348 e. The highest BCUT2D eigenvalue weighted by molar-refractivity contribution is 5.93. The quantitative estimate of drug-likeness (QED) is 0.872. The molecule has 0 aliphatic carbocycles. The first-order chi connectivity index (χ1) is 11.0. The van der Waals surface area contributed by atoms with Gasteiger partial charge >= 0.3 is 0 Å². The van der Waals surface area contributed by atoms with Crippen molar-refractivity contribution in [2.75, 3.05) is 0 Å². The highest BCUT2D eigenvalue weighted by atomic mass is 16.2. The van der Waals surface area contributed by atoms with Gasteiger partial charge in [0.1, 0.15) is 11.4 Å². The van der Waals surface area contributed by atoms with Crippen LogP contribution in [0.5, 0.6) is 0 Å². The monoisotopic (exact) mass is 313 g/mol. The van der Waals surface area contributed by atoms with Gasteiger partial charge in [-0.2, -0.15) is 5.10 Å². The summed E-state index contributed by atoms with van der Waals surface area (Å²) in [4.78, 5) is 28.1. The number of rotatable bonds is 4. The predicted octanol–water partition coefficient (Wildman–Crippen LogP) is 0.771. The summed E-state index contributed by atoms with van der Waals surface area (Å²) in [5.74, 6) is -0.366. The molecule has 0 saturated carbocycles. The van der Waals surface area contributed by atoms with Crippen molar-refractivity contribution in [1.29, 1.82) is 0 Å². The molecule has 7 nitrogen and oxygen atoms in total. The van der Waals surface area contributed by atoms with E-state index >= 15 is 0 Å². The molecular weight excluding hydrogens is 294 g/mol. The molecule has 0 aromatic carbocycles. The molecule has 2 N–H and O–H groups in total. The average Bonchev–Trinajstić information content (AvgIpc) is 3.05. The van der Waals surface area contributed by atoms with Gasteiger partial charge in [0.2, 0.25) is 0 Å². The summed E-state index contributed by atoms with van der Waals surface area (Å²) in [5.41, 5.74) is 1.77. The molecule has 3 heterocycles. The van der Waals surface area contributed by atoms with E-state index in [9.17, 15) is 9.59 Å². The van der Waals surface area contributed by atoms with Gasteiger partial charge in [-0.25, -0.2) is 0 Å². The first-order valence-electron chi connectivity index (χ1n) is 7.62. The lowest BCUT2D eigenvalue weighted by molar-refractivity contribution is 0.0921. The molecule has 1 aliphatic rings. The van der Waals surface area contributed by atoms with Gasteiger partial charge in [0.05, 0.1) is 12.6 Å². The van der Waals surface area contributed by atoms with Crippen LogP contribution >= 0.6 is 0 Å². The fourth-order valence-electron chi connectivity index (χ4n) is 2.60. The van der Waals surface area contributed by atoms with Gasteiger partial charge in [-0.1, -0.05) is 6.07 Å². The normalized spacial score (nSPS) is 16.2. The number of aromatic nitrogens is 3. The Morgan fingerprint density at radius 1 is 1.26 bits per heavy atom. The number of carbonyl (C=O) groups is 2. The molecule has 2 amide bonds. The third-order valence-electron chi connectivity index (χ3n) is 3.60. The molecule has 0 bridgehead atoms. The molecule has 0 saturated heterocycles. The van der Waals surface area contributed by atoms with Crippen molar-refractivity contribution >= 4 is 11.8 Å². The molecule has 2 aromatic heterocycles. The van der Waals surface area contributed by atoms with E-state index in [0.717, 1.165) is 5.69 Å². The van der Waals surface area contributed by atoms with Crippen LogP contribution in [0.25, 0.3) is 0 Å². The summed E-state index contributed by atoms with van der Waals surface area (Å²) in [7, 11) is 0. The lowest BCUT2D eigenvalue weighted by Crippen LogP contribution is -2.36. The molecule has 7 heteroatoms. The van der Waals surface area contributed by atoms with E-state index < -0.39 is 0 Å². The number of nitrogens with zero attached hydrogens (tertiary/aromatic N) is 3. The number of hydrogen-bond acceptors (Lipinski definition) is 4. The van der Waals surface area contributed by atoms with Crippen molar-refractivity contribution < 1.29 is 9.59 Å². The SMILES string of the molecule is CC(C)NC(=O)c1cc2n(n1)C[C@@H](NC(=O)c1ccccn1)C2. The molecule has 120 valence electrons. The van der Waals surface area contributed by atoms with E-state index in [0.29, 0.717) is 24.4 Å². The number of pyridine rings is 1. The molecule has 3 rings (SSSR count). The molecule has 0 spiro atoms. The second-order valence-corrected chi connectivity index (χ2v) is 5.92. The van der Waals surface area contributed by atoms with E-state index in [1.807, 2.05) is 13.8 Å². The van der Waals surface area contributed by atoms with Gasteiger partial charge < -0.3 is 10.6 Å². The van der Waals surface area contributed by atoms with E-state index in [1.165, 1.54) is 0 Å². The molecular formula is C16H19N5O2. The van der Waals surface area contributed by atoms with Crippen LogP contribution in [0, 0.1) is 0 Å². The average molecular weight is 313 g/mol. The first-order valence-corrected chi connectivity index (χ1v) is 7.62. The zero-order valence-corrected chi connectivity index (χ0v) is 13.1. The topological polar surface area (TPSA) is 88.9 Å². The lowest BCUT2D eigenvalue weighted by atomic mass is 10.2. The first kappa shape index (κ1) is 15.2. The predicted molar refractivity (Wildman–Crippen MR) is 84.0 cm³/mol. The second kappa shape index (κ2) is 6.20. The van der Waals surface area contributed by atoms with Crippen LogP contribution in [0.15, 0.2) is 30.5 Å². The fourth-order valence-corrected chi connectivity index (χ4v) is 2.60. The zero-order valence-electron chi connectivity index (χ0n) is 13.1. The van der Waals surface area contributed by atoms with Gasteiger partial charge in [0, 0.05) is 24.4 Å². The summed E-state index contributed by atoms with van der Waals surface area (Å²) < 4.78 is 1.78. The number of nitrogens with one attached hydrogen (secondary N) is 2. The summed E-state index contributed by atoms with van der Waals surface area (Å²) in [5, 5.41) is 10.1. The van der Waals surface area contributed by atoms with Crippen molar-refractivity contribution in [3.8, 4) is 0 Å². The van der Waals surface area contributed by atoms with Gasteiger partial charge in [0.25, 0.3) is 11.8 Å². The van der Waals surface area contributed by atoms with Gasteiger partial charge in [-0.15, -0.1) is 0 Å². The van der Waals surface area contributed by atoms with Crippen LogP contribution in [-0.4, -0.2) is 38.7 Å². The Balaban J connectivity index is 1.61. The van der Waals surface area contributed by atoms with Crippen LogP contribution < -0.4 is 10.6 Å². The summed E-state index contributed by atoms with van der Waals surface area (Å²) in [6.07, 6.45) is 2.24. The fraction of sp³-hybridized carbons (Fsp3) is 0.375. The molecule has 1 aliphatic heterocycles. The maximum atomic E-state index is 12.1. The Morgan fingerprint density at radius 2 is 2.09 bits per heavy atom. The summed E-state index contributed by atoms with van der Waals surface area (Å²) >= 11 is 0. The summed E-state index contributed by atoms with van der Waals surface area (Å²) in [6.45, 7) is 4.37. The Labute approximate surface area is 134 Å². The second-order valence-electron chi connectivity index (χ2n) is 5.92. The molecule has 0 fully saturated rings. The third-order valence-corrected chi connectivity index (χ3v) is 3.60. The van der Waals surface area contributed by atoms with Crippen LogP contribution in [0.1, 0.15) is 40.5 Å². The Hall–Kier alpha value is -2.70. The van der Waals surface area contributed by atoms with Crippen LogP contribution in [0.2, 0.25) is 0 Å². The van der Waals surface area contributed by atoms with Crippen LogP contribution in [0.4, 0.5) is 0 Å². The number of amides is 2. The number of carbonyl (C=O) groups excluding carboxylic acids is 2. The Morgan fingerprint density at radius 3 is 2.74 bits per heavy atom. The van der Waals surface area contributed by atoms with Crippen molar-refractivity contribution in [3.63, 3.8) is 0 Å². The molecule has 0 unspecified atom stereocenters. The zero-order chi connectivity index (χ0) is 16.4. The van der Waals surface area contributed by atoms with Crippen molar-refractivity contribution in [2.45, 2.75) is 38.9 Å². The van der Waals surface area contributed by atoms with E-state index in [4.69, 9.17) is 0 Å². The number of fused-ring (bicyclic) bond motifs is 1. The van der Waals surface area contributed by atoms with Crippen LogP contribution in [-0.2, 0) is 13.0 Å². The molecule has 0 radical (unpaired) electrons. The van der Waals surface area contributed by atoms with E-state index in [1.54, 1.807) is 35.1 Å². The standard InChI is InChI=1S/C16H19N5O2/c1-10(2)18-16(23)14-8-12-7-11(9-21(12)20-14)19-15(22)13-5-3-4-6-17-13/h3-6,8,10-11H,7,9H2,1-2H3,(H,18,23)(H,19,22)/t11-/m0/s1. The van der Waals surface area contributed by atoms with Crippen molar-refractivity contribution in [3.05, 3.63) is 47.5 Å². The highest BCUT2D eigenvalue weighted by Gasteiger charge is 2.26. The molecule has 2 aromatic rings. The van der Waals surface area contributed by atoms with E-state index in [-0.39, 0.29) is 23.9 Å². The smallest absolute Gasteiger partial charge is 0.271 e. The molecule has 23 heavy (non-hydrogen) atoms. The Kier molecular flexibility index (Phi) is 4.10. The minimum absolute atomic E-state index is 0.0331. The van der Waals surface area contributed by atoms with Crippen LogP contribution in [0.3, 0.4) is 0 Å². The molecule has 1 atom stereocenters. The lowest BCUT2D eigenvalue weighted by Gasteiger charge is -2.11. The van der Waals surface area contributed by atoms with Gasteiger partial charge in [-0.3, -0.25) is 19.3 Å². The van der Waals surface area contributed by atoms with Crippen molar-refractivity contribution in [2.24, 2.45) is 0 Å². The summed E-state index contributed by atoms with van der Waals surface area (Å²) in [6, 6.07) is 7.05. The minimum atomic E-state index is -0.195. The highest BCUT2D eigenvalue weighted by Crippen LogP contribution is 2.16. The van der Waals surface area contributed by atoms with Gasteiger partial charge in [0.15, 0.2) is 0 Å². The Bertz CT molecular complexity index is 700.